The first kappa shape index (κ1) is 46.4. The van der Waals surface area contributed by atoms with Crippen LogP contribution in [0.25, 0.3) is 0 Å². The minimum Gasteiger partial charge on any atom is -0.748 e. The SMILES string of the molecule is [CH2-]CN(CCS(=O)(=O)[O-])Cc1ccccc1CN(CCS(=O)(=O)[O-])CCS(=O)(=O)[O-].[K+].[K+].[K+].[K+]. The fourth-order valence-corrected chi connectivity index (χ4v) is 4.06. The summed E-state index contributed by atoms with van der Waals surface area (Å²) in [6.45, 7) is 3.67. The minimum atomic E-state index is -4.54. The summed E-state index contributed by atoms with van der Waals surface area (Å²) in [6.07, 6.45) is 0. The van der Waals surface area contributed by atoms with Gasteiger partial charge in [0.2, 0.25) is 0 Å². The number of benzene rings is 1. The predicted molar refractivity (Wildman–Crippen MR) is 106 cm³/mol. The first-order valence-corrected chi connectivity index (χ1v) is 13.5. The molecule has 1 aromatic rings. The average molecular weight is 641 g/mol. The Kier molecular flexibility index (Phi) is 31.3. The third kappa shape index (κ3) is 25.2. The number of hydrogen-bond acceptors (Lipinski definition) is 11. The molecule has 18 heteroatoms. The van der Waals surface area contributed by atoms with Gasteiger partial charge in [0.1, 0.15) is 0 Å². The average Bonchev–Trinajstić information content (AvgIpc) is 2.59. The van der Waals surface area contributed by atoms with E-state index in [1.165, 1.54) is 4.90 Å². The molecular weight excluding hydrogens is 617 g/mol. The summed E-state index contributed by atoms with van der Waals surface area (Å²) in [5.74, 6) is -2.08. The van der Waals surface area contributed by atoms with Crippen LogP contribution in [0.1, 0.15) is 11.1 Å². The van der Waals surface area contributed by atoms with Gasteiger partial charge in [0, 0.05) is 32.7 Å². The van der Waals surface area contributed by atoms with E-state index in [0.717, 1.165) is 0 Å². The molecule has 0 saturated carbocycles. The van der Waals surface area contributed by atoms with Gasteiger partial charge < -0.3 is 25.5 Å². The topological polar surface area (TPSA) is 178 Å². The van der Waals surface area contributed by atoms with Crippen LogP contribution in [-0.4, -0.2) is 92.1 Å². The van der Waals surface area contributed by atoms with E-state index in [-0.39, 0.29) is 245 Å². The Morgan fingerprint density at radius 1 is 0.618 bits per heavy atom. The van der Waals surface area contributed by atoms with E-state index in [1.54, 1.807) is 29.2 Å². The Hall–Kier alpha value is 5.42. The van der Waals surface area contributed by atoms with Crippen LogP contribution in [0.4, 0.5) is 0 Å². The van der Waals surface area contributed by atoms with Gasteiger partial charge >= 0.3 is 206 Å². The van der Waals surface area contributed by atoms with Crippen molar-refractivity contribution in [3.63, 3.8) is 0 Å². The zero-order valence-corrected chi connectivity index (χ0v) is 35.1. The third-order valence-corrected chi connectivity index (χ3v) is 6.24. The molecule has 0 saturated heterocycles. The molecule has 0 fully saturated rings. The largest absolute Gasteiger partial charge is 1.00 e. The molecule has 0 radical (unpaired) electrons. The normalized spacial score (nSPS) is 11.7. The molecule has 0 heterocycles. The summed E-state index contributed by atoms with van der Waals surface area (Å²) in [7, 11) is -13.5. The van der Waals surface area contributed by atoms with E-state index >= 15 is 0 Å². The van der Waals surface area contributed by atoms with Crippen molar-refractivity contribution in [3.05, 3.63) is 42.3 Å². The van der Waals surface area contributed by atoms with Gasteiger partial charge in [0.25, 0.3) is 0 Å². The molecule has 34 heavy (non-hydrogen) atoms. The number of hydrogen-bond donors (Lipinski definition) is 0. The van der Waals surface area contributed by atoms with Crippen LogP contribution in [0.3, 0.4) is 0 Å². The van der Waals surface area contributed by atoms with Crippen LogP contribution in [0, 0.1) is 6.92 Å². The molecule has 0 spiro atoms. The second-order valence-electron chi connectivity index (χ2n) is 6.61. The molecule has 1 rings (SSSR count). The molecule has 0 bridgehead atoms. The second kappa shape index (κ2) is 22.9. The van der Waals surface area contributed by atoms with E-state index in [2.05, 4.69) is 6.92 Å². The van der Waals surface area contributed by atoms with Crippen LogP contribution < -0.4 is 206 Å². The van der Waals surface area contributed by atoms with Crippen molar-refractivity contribution < 1.29 is 244 Å². The van der Waals surface area contributed by atoms with E-state index in [4.69, 9.17) is 0 Å². The molecule has 1 aromatic carbocycles. The molecule has 0 aliphatic carbocycles. The summed E-state index contributed by atoms with van der Waals surface area (Å²) in [4.78, 5) is 3.00. The Morgan fingerprint density at radius 3 is 1.21 bits per heavy atom. The number of nitrogens with zero attached hydrogens (tertiary/aromatic N) is 2. The van der Waals surface area contributed by atoms with Crippen LogP contribution in [0.15, 0.2) is 24.3 Å². The van der Waals surface area contributed by atoms with Gasteiger partial charge in [-0.2, -0.15) is 0 Å². The van der Waals surface area contributed by atoms with Crippen LogP contribution in [0.5, 0.6) is 0 Å². The monoisotopic (exact) mass is 640 g/mol. The van der Waals surface area contributed by atoms with Crippen LogP contribution in [0.2, 0.25) is 0 Å². The zero-order chi connectivity index (χ0) is 23.0. The van der Waals surface area contributed by atoms with Gasteiger partial charge in [-0.15, -0.1) is 6.54 Å². The van der Waals surface area contributed by atoms with Gasteiger partial charge in [-0.25, -0.2) is 25.3 Å². The first-order chi connectivity index (χ1) is 13.7. The fourth-order valence-electron chi connectivity index (χ4n) is 2.61. The standard InChI is InChI=1S/C16H27N2O9S3.4K/c1-2-17(7-10-28(19,20)21)13-15-5-3-4-6-16(15)14-18(8-11-29(22,23)24)9-12-30(25,26)27;;;;/h3-6H,1-2,7-14H2,(H,19,20,21)(H,22,23,24)(H,25,26,27);;;;/q-1;4*+1/p-3. The minimum absolute atomic E-state index is 0. The Labute approximate surface area is 373 Å². The van der Waals surface area contributed by atoms with Crippen molar-refractivity contribution >= 4 is 30.4 Å². The van der Waals surface area contributed by atoms with Crippen molar-refractivity contribution in [1.29, 1.82) is 0 Å². The Balaban J connectivity index is -0.00000112. The smallest absolute Gasteiger partial charge is 0.748 e. The van der Waals surface area contributed by atoms with Crippen LogP contribution >= 0.6 is 0 Å². The first-order valence-electron chi connectivity index (χ1n) is 8.80. The second-order valence-corrected chi connectivity index (χ2v) is 11.2. The van der Waals surface area contributed by atoms with Crippen molar-refractivity contribution in [1.82, 2.24) is 9.80 Å². The molecule has 0 amide bonds. The molecule has 0 aromatic heterocycles. The zero-order valence-electron chi connectivity index (χ0n) is 20.2. The molecule has 11 nitrogen and oxygen atoms in total. The molecule has 174 valence electrons. The quantitative estimate of drug-likeness (QED) is 0.107. The van der Waals surface area contributed by atoms with Gasteiger partial charge in [-0.1, -0.05) is 24.3 Å². The van der Waals surface area contributed by atoms with Crippen molar-refractivity contribution in [2.45, 2.75) is 13.1 Å². The van der Waals surface area contributed by atoms with E-state index in [1.807, 2.05) is 0 Å². The fraction of sp³-hybridized carbons (Fsp3) is 0.562. The maximum atomic E-state index is 10.9. The molecule has 0 aliphatic heterocycles. The van der Waals surface area contributed by atoms with Gasteiger partial charge in [0.15, 0.2) is 0 Å². The summed E-state index contributed by atoms with van der Waals surface area (Å²) in [6, 6.07) is 6.85. The number of rotatable bonds is 14. The maximum absolute atomic E-state index is 10.9. The molecule has 0 unspecified atom stereocenters. The van der Waals surface area contributed by atoms with E-state index < -0.39 is 47.6 Å². The van der Waals surface area contributed by atoms with Gasteiger partial charge in [0.05, 0.1) is 47.6 Å². The molecule has 0 atom stereocenters. The molecule has 0 N–H and O–H groups in total. The summed E-state index contributed by atoms with van der Waals surface area (Å²) < 4.78 is 98.3. The van der Waals surface area contributed by atoms with Gasteiger partial charge in [-0.3, -0.25) is 4.90 Å². The van der Waals surface area contributed by atoms with Crippen molar-refractivity contribution in [2.75, 3.05) is 43.4 Å². The third-order valence-electron chi connectivity index (χ3n) is 4.20. The van der Waals surface area contributed by atoms with Crippen molar-refractivity contribution in [2.24, 2.45) is 0 Å². The van der Waals surface area contributed by atoms with E-state index in [0.29, 0.717) is 11.1 Å². The summed E-state index contributed by atoms with van der Waals surface area (Å²) >= 11 is 0. The summed E-state index contributed by atoms with van der Waals surface area (Å²) in [5.41, 5.74) is 1.37. The van der Waals surface area contributed by atoms with Crippen molar-refractivity contribution in [3.8, 4) is 0 Å². The Bertz CT molecular complexity index is 974. The molecule has 0 aliphatic rings. The van der Waals surface area contributed by atoms with Gasteiger partial charge in [-0.05, 0) is 11.1 Å². The predicted octanol–water partition coefficient (Wildman–Crippen LogP) is -13.2. The maximum Gasteiger partial charge on any atom is 1.00 e. The van der Waals surface area contributed by atoms with Crippen LogP contribution in [-0.2, 0) is 43.4 Å². The van der Waals surface area contributed by atoms with E-state index in [9.17, 15) is 38.9 Å². The summed E-state index contributed by atoms with van der Waals surface area (Å²) in [5, 5.41) is 0. The Morgan fingerprint density at radius 2 is 0.912 bits per heavy atom. The molecular formula is C16H24K4N2O9S3.